The van der Waals surface area contributed by atoms with Crippen LogP contribution in [0.1, 0.15) is 215 Å². The fourth-order valence-electron chi connectivity index (χ4n) is 14.0. The van der Waals surface area contributed by atoms with E-state index in [2.05, 4.69) is 211 Å². The Morgan fingerprint density at radius 2 is 0.860 bits per heavy atom. The van der Waals surface area contributed by atoms with Gasteiger partial charge in [-0.15, -0.1) is 22.7 Å². The number of fused-ring (bicyclic) bond motifs is 6. The predicted molar refractivity (Wildman–Crippen MR) is 387 cm³/mol. The van der Waals surface area contributed by atoms with Crippen LogP contribution in [0.3, 0.4) is 0 Å². The van der Waals surface area contributed by atoms with E-state index in [1.54, 1.807) is 22.7 Å². The molecule has 0 spiro atoms. The van der Waals surface area contributed by atoms with Crippen molar-refractivity contribution in [1.29, 1.82) is 15.8 Å². The van der Waals surface area contributed by atoms with Crippen LogP contribution in [0.2, 0.25) is 0 Å². The third-order valence-corrected chi connectivity index (χ3v) is 21.5. The summed E-state index contributed by atoms with van der Waals surface area (Å²) in [6.07, 6.45) is 27.5. The molecule has 2 aromatic heterocycles. The molecule has 0 saturated heterocycles. The second-order valence-corrected chi connectivity index (χ2v) is 28.5. The highest BCUT2D eigenvalue weighted by molar-refractivity contribution is 7.17. The molecular weight excluding hydrogens is 1180 g/mol. The van der Waals surface area contributed by atoms with Crippen LogP contribution in [-0.2, 0) is 41.6 Å². The van der Waals surface area contributed by atoms with Gasteiger partial charge in [-0.1, -0.05) is 220 Å². The minimum Gasteiger partial charge on any atom is -0.479 e. The van der Waals surface area contributed by atoms with E-state index in [-0.39, 0.29) is 16.9 Å². The number of aryl methyl sites for hydroxylation is 4. The van der Waals surface area contributed by atoms with E-state index in [0.717, 1.165) is 132 Å². The van der Waals surface area contributed by atoms with Crippen LogP contribution in [0.15, 0.2) is 162 Å². The third-order valence-electron chi connectivity index (χ3n) is 19.2. The number of unbranched alkanes of at least 4 members (excludes halogenated alkanes) is 12. The minimum atomic E-state index is -1.18. The molecule has 8 aromatic rings. The van der Waals surface area contributed by atoms with Crippen LogP contribution in [0.5, 0.6) is 11.5 Å². The van der Waals surface area contributed by atoms with Crippen molar-refractivity contribution in [2.75, 3.05) is 19.0 Å². The molecule has 11 rings (SSSR count). The van der Waals surface area contributed by atoms with E-state index >= 15 is 0 Å². The van der Waals surface area contributed by atoms with Gasteiger partial charge in [0.1, 0.15) is 40.9 Å². The Morgan fingerprint density at radius 1 is 0.462 bits per heavy atom. The number of rotatable bonds is 28. The highest BCUT2D eigenvalue weighted by Crippen LogP contribution is 2.62. The first-order valence-electron chi connectivity index (χ1n) is 34.4. The molecule has 0 atom stereocenters. The van der Waals surface area contributed by atoms with Crippen LogP contribution >= 0.6 is 22.7 Å². The maximum absolute atomic E-state index is 11.1. The van der Waals surface area contributed by atoms with Gasteiger partial charge in [0, 0.05) is 89.4 Å². The Kier molecular flexibility index (Phi) is 21.1. The number of anilines is 1. The fraction of sp³-hybridized carbons (Fsp3) is 0.369. The second kappa shape index (κ2) is 29.7. The van der Waals surface area contributed by atoms with Gasteiger partial charge in [0.15, 0.2) is 22.5 Å². The Bertz CT molecular complexity index is 4010. The average molecular weight is 1270 g/mol. The van der Waals surface area contributed by atoms with Crippen molar-refractivity contribution in [3.05, 3.63) is 233 Å². The van der Waals surface area contributed by atoms with Gasteiger partial charge >= 0.3 is 0 Å². The van der Waals surface area contributed by atoms with Crippen molar-refractivity contribution >= 4 is 46.1 Å². The third kappa shape index (κ3) is 13.7. The summed E-state index contributed by atoms with van der Waals surface area (Å²) in [5.41, 5.74) is 12.6. The van der Waals surface area contributed by atoms with Crippen LogP contribution in [-0.4, -0.2) is 19.7 Å². The van der Waals surface area contributed by atoms with Crippen molar-refractivity contribution in [2.45, 2.75) is 187 Å². The molecule has 0 radical (unpaired) electrons. The molecule has 5 heterocycles. The van der Waals surface area contributed by atoms with Crippen molar-refractivity contribution in [1.82, 2.24) is 0 Å². The van der Waals surface area contributed by atoms with Gasteiger partial charge in [-0.05, 0) is 136 Å². The summed E-state index contributed by atoms with van der Waals surface area (Å²) in [4.78, 5) is 6.10. The summed E-state index contributed by atoms with van der Waals surface area (Å²) in [5, 5.41) is 31.6. The molecule has 0 bridgehead atoms. The predicted octanol–water partition coefficient (Wildman–Crippen LogP) is 22.6. The summed E-state index contributed by atoms with van der Waals surface area (Å²) in [5.74, 6) is 1.46. The maximum Gasteiger partial charge on any atom is 0.186 e. The zero-order valence-corrected chi connectivity index (χ0v) is 57.6. The molecule has 6 aromatic carbocycles. The van der Waals surface area contributed by atoms with E-state index in [0.29, 0.717) is 11.3 Å². The van der Waals surface area contributed by atoms with Crippen LogP contribution in [0.25, 0.3) is 38.6 Å². The Morgan fingerprint density at radius 3 is 1.24 bits per heavy atom. The van der Waals surface area contributed by atoms with Crippen LogP contribution in [0, 0.1) is 34.0 Å². The zero-order chi connectivity index (χ0) is 65.1. The molecule has 0 aliphatic carbocycles. The number of nitrogens with zero attached hydrogens (tertiary/aromatic N) is 4. The lowest BCUT2D eigenvalue weighted by Gasteiger charge is -2.42. The van der Waals surface area contributed by atoms with Gasteiger partial charge in [0.25, 0.3) is 0 Å². The number of hydrogen-bond acceptors (Lipinski definition) is 9. The van der Waals surface area contributed by atoms with E-state index in [9.17, 15) is 15.8 Å². The summed E-state index contributed by atoms with van der Waals surface area (Å²) >= 11 is 3.38. The average Bonchev–Trinajstić information content (AvgIpc) is 1.67. The summed E-state index contributed by atoms with van der Waals surface area (Å²) in [6.45, 7) is 12.9. The highest BCUT2D eigenvalue weighted by Gasteiger charge is 2.51. The number of allylic oxidation sites excluding steroid dienone is 2. The van der Waals surface area contributed by atoms with E-state index in [1.807, 2.05) is 26.0 Å². The van der Waals surface area contributed by atoms with E-state index in [1.165, 1.54) is 99.3 Å². The Balaban J connectivity index is 1.16. The molecule has 9 heteroatoms. The lowest BCUT2D eigenvalue weighted by molar-refractivity contribution is 0.109. The second-order valence-electron chi connectivity index (χ2n) is 26.4. The van der Waals surface area contributed by atoms with Crippen molar-refractivity contribution < 1.29 is 14.2 Å². The molecule has 3 aliphatic heterocycles. The molecule has 0 unspecified atom stereocenters. The lowest BCUT2D eigenvalue weighted by atomic mass is 9.75. The molecule has 3 aliphatic rings. The van der Waals surface area contributed by atoms with Crippen LogP contribution < -0.4 is 14.4 Å². The first kappa shape index (κ1) is 66.1. The number of benzene rings is 6. The standard InChI is InChI=1S/C84H90N4O3S2/c1-9-13-17-21-25-58-29-40-64(41-30-58)83(65-42-31-59(32-43-65)26-22-18-14-10-2)73-51-69(50-39-62-37-48-68(49-38-62)88(7)8)92-80(73)70-52-76-71(53-75(70)89-83)81-74(54-77(93-81)78-72(57-87)79(63(55-85)56-86)91-82(78,5)6)84(90-76,66-44-33-60(34-45-66)27-23-19-15-11-3)67-46-35-61(36-47-67)28-24-20-16-12-4/h29-54H,9-28H2,1-8H3/b50-39+. The fourth-order valence-corrected chi connectivity index (χ4v) is 16.5. The normalized spacial score (nSPS) is 14.6. The lowest BCUT2D eigenvalue weighted by Crippen LogP contribution is -2.39. The molecule has 0 amide bonds. The minimum absolute atomic E-state index is 0.0110. The molecule has 7 nitrogen and oxygen atoms in total. The molecular formula is C84H90N4O3S2. The van der Waals surface area contributed by atoms with E-state index in [4.69, 9.17) is 14.2 Å². The van der Waals surface area contributed by atoms with E-state index < -0.39 is 16.8 Å². The SMILES string of the molecule is CCCCCCc1ccc(C2(c3ccc(CCCCCC)cc3)Oc3cc4c(cc3-c3sc(/C=C/c5ccc(N(C)C)cc5)cc32)OC(c2ccc(CCCCCC)cc2)(c2ccc(CCCCCC)cc2)c2cc(C3=C(C#N)C(=C(C#N)C#N)OC3(C)C)sc2-4)cc1. The van der Waals surface area contributed by atoms with Crippen LogP contribution in [0.4, 0.5) is 5.69 Å². The summed E-state index contributed by atoms with van der Waals surface area (Å²) < 4.78 is 22.7. The Labute approximate surface area is 562 Å². The molecule has 0 saturated carbocycles. The smallest absolute Gasteiger partial charge is 0.186 e. The molecule has 476 valence electrons. The molecule has 93 heavy (non-hydrogen) atoms. The largest absolute Gasteiger partial charge is 0.479 e. The number of nitriles is 3. The number of ether oxygens (including phenoxy) is 3. The van der Waals surface area contributed by atoms with Gasteiger partial charge in [-0.25, -0.2) is 0 Å². The molecule has 0 N–H and O–H groups in total. The maximum atomic E-state index is 11.1. The summed E-state index contributed by atoms with van der Waals surface area (Å²) in [7, 11) is 4.14. The number of hydrogen-bond donors (Lipinski definition) is 0. The van der Waals surface area contributed by atoms with Crippen molar-refractivity contribution in [3.8, 4) is 50.6 Å². The monoisotopic (exact) mass is 1270 g/mol. The van der Waals surface area contributed by atoms with Gasteiger partial charge in [0.05, 0.1) is 0 Å². The summed E-state index contributed by atoms with van der Waals surface area (Å²) in [6, 6.07) is 60.9. The Hall–Kier alpha value is -8.39. The van der Waals surface area contributed by atoms with Crippen molar-refractivity contribution in [3.63, 3.8) is 0 Å². The van der Waals surface area contributed by atoms with Gasteiger partial charge in [0.2, 0.25) is 0 Å². The number of thiophene rings is 2. The quantitative estimate of drug-likeness (QED) is 0.0355. The van der Waals surface area contributed by atoms with Gasteiger partial charge in [-0.3, -0.25) is 0 Å². The highest BCUT2D eigenvalue weighted by atomic mass is 32.1. The topological polar surface area (TPSA) is 102 Å². The first-order valence-corrected chi connectivity index (χ1v) is 36.0. The zero-order valence-electron chi connectivity index (χ0n) is 56.0. The van der Waals surface area contributed by atoms with Gasteiger partial charge < -0.3 is 19.1 Å². The van der Waals surface area contributed by atoms with Gasteiger partial charge in [-0.2, -0.15) is 15.8 Å². The van der Waals surface area contributed by atoms with Crippen molar-refractivity contribution in [2.24, 2.45) is 0 Å². The molecule has 0 fully saturated rings. The first-order chi connectivity index (χ1) is 45.3.